The van der Waals surface area contributed by atoms with Crippen LogP contribution in [0.3, 0.4) is 0 Å². The van der Waals surface area contributed by atoms with E-state index in [-0.39, 0.29) is 6.54 Å². The third-order valence-corrected chi connectivity index (χ3v) is 1.71. The molecule has 0 radical (unpaired) electrons. The van der Waals surface area contributed by atoms with Crippen molar-refractivity contribution in [3.05, 3.63) is 23.5 Å². The van der Waals surface area contributed by atoms with E-state index in [1.807, 2.05) is 26.0 Å². The Kier molecular flexibility index (Phi) is 1.98. The summed E-state index contributed by atoms with van der Waals surface area (Å²) in [5.41, 5.74) is 1.98. The first kappa shape index (κ1) is 7.85. The van der Waals surface area contributed by atoms with Crippen LogP contribution in [0.2, 0.25) is 0 Å². The van der Waals surface area contributed by atoms with Gasteiger partial charge in [0.05, 0.1) is 0 Å². The highest BCUT2D eigenvalue weighted by atomic mass is 16.4. The van der Waals surface area contributed by atoms with E-state index in [2.05, 4.69) is 0 Å². The van der Waals surface area contributed by atoms with Crippen molar-refractivity contribution in [1.82, 2.24) is 4.57 Å². The Morgan fingerprint density at radius 3 is 2.27 bits per heavy atom. The first-order chi connectivity index (χ1) is 5.11. The molecule has 60 valence electrons. The van der Waals surface area contributed by atoms with E-state index < -0.39 is 5.97 Å². The van der Waals surface area contributed by atoms with Crippen molar-refractivity contribution in [2.75, 3.05) is 0 Å². The summed E-state index contributed by atoms with van der Waals surface area (Å²) in [6, 6.07) is 3.83. The normalized spacial score (nSPS) is 10.0. The number of aliphatic carboxylic acids is 1. The average Bonchev–Trinajstić information content (AvgIpc) is 2.18. The van der Waals surface area contributed by atoms with Crippen molar-refractivity contribution in [2.24, 2.45) is 0 Å². The van der Waals surface area contributed by atoms with Crippen LogP contribution in [0.25, 0.3) is 0 Å². The Morgan fingerprint density at radius 2 is 1.91 bits per heavy atom. The van der Waals surface area contributed by atoms with Gasteiger partial charge in [-0.3, -0.25) is 4.79 Å². The summed E-state index contributed by atoms with van der Waals surface area (Å²) in [5, 5.41) is 8.51. The number of carbonyl (C=O) groups is 1. The largest absolute Gasteiger partial charge is 0.480 e. The molecule has 0 aliphatic heterocycles. The fraction of sp³-hybridized carbons (Fsp3) is 0.375. The van der Waals surface area contributed by atoms with Gasteiger partial charge in [-0.25, -0.2) is 0 Å². The molecule has 0 aliphatic rings. The van der Waals surface area contributed by atoms with Crippen LogP contribution in [0.15, 0.2) is 12.1 Å². The number of aromatic nitrogens is 1. The first-order valence-corrected chi connectivity index (χ1v) is 3.46. The molecule has 0 aromatic carbocycles. The Labute approximate surface area is 65.3 Å². The molecule has 0 amide bonds. The lowest BCUT2D eigenvalue weighted by molar-refractivity contribution is -0.137. The lowest BCUT2D eigenvalue weighted by Gasteiger charge is -2.03. The van der Waals surface area contributed by atoms with Crippen molar-refractivity contribution >= 4 is 5.97 Å². The molecule has 0 unspecified atom stereocenters. The number of rotatable bonds is 2. The fourth-order valence-corrected chi connectivity index (χ4v) is 1.08. The van der Waals surface area contributed by atoms with E-state index >= 15 is 0 Å². The molecule has 0 spiro atoms. The molecule has 1 aromatic heterocycles. The highest BCUT2D eigenvalue weighted by Gasteiger charge is 2.03. The summed E-state index contributed by atoms with van der Waals surface area (Å²) in [7, 11) is 0. The van der Waals surface area contributed by atoms with Gasteiger partial charge in [0.25, 0.3) is 0 Å². The maximum atomic E-state index is 10.4. The van der Waals surface area contributed by atoms with Crippen molar-refractivity contribution in [3.8, 4) is 0 Å². The Balaban J connectivity index is 2.92. The zero-order valence-electron chi connectivity index (χ0n) is 6.66. The van der Waals surface area contributed by atoms with Gasteiger partial charge in [0.2, 0.25) is 0 Å². The molecule has 0 fully saturated rings. The van der Waals surface area contributed by atoms with Crippen molar-refractivity contribution < 1.29 is 9.90 Å². The standard InChI is InChI=1S/C8H11NO2/c1-6-3-4-7(2)9(6)5-8(10)11/h3-4H,5H2,1-2H3,(H,10,11). The lowest BCUT2D eigenvalue weighted by Crippen LogP contribution is -2.10. The van der Waals surface area contributed by atoms with E-state index in [1.54, 1.807) is 4.57 Å². The summed E-state index contributed by atoms with van der Waals surface area (Å²) in [6.45, 7) is 3.86. The van der Waals surface area contributed by atoms with E-state index in [0.29, 0.717) is 0 Å². The highest BCUT2D eigenvalue weighted by Crippen LogP contribution is 2.05. The van der Waals surface area contributed by atoms with Gasteiger partial charge in [-0.1, -0.05) is 0 Å². The number of hydrogen-bond acceptors (Lipinski definition) is 1. The molecule has 1 aromatic rings. The average molecular weight is 153 g/mol. The summed E-state index contributed by atoms with van der Waals surface area (Å²) >= 11 is 0. The zero-order chi connectivity index (χ0) is 8.43. The molecule has 0 aliphatic carbocycles. The van der Waals surface area contributed by atoms with Crippen LogP contribution in [0.5, 0.6) is 0 Å². The van der Waals surface area contributed by atoms with Gasteiger partial charge in [0, 0.05) is 11.4 Å². The summed E-state index contributed by atoms with van der Waals surface area (Å²) < 4.78 is 1.77. The van der Waals surface area contributed by atoms with Crippen LogP contribution >= 0.6 is 0 Å². The molecule has 0 saturated carbocycles. The van der Waals surface area contributed by atoms with Crippen LogP contribution in [0, 0.1) is 13.8 Å². The van der Waals surface area contributed by atoms with E-state index in [1.165, 1.54) is 0 Å². The van der Waals surface area contributed by atoms with Crippen LogP contribution in [-0.4, -0.2) is 15.6 Å². The third-order valence-electron chi connectivity index (χ3n) is 1.71. The van der Waals surface area contributed by atoms with Crippen molar-refractivity contribution in [3.63, 3.8) is 0 Å². The number of hydrogen-bond donors (Lipinski definition) is 1. The first-order valence-electron chi connectivity index (χ1n) is 3.46. The maximum Gasteiger partial charge on any atom is 0.323 e. The predicted molar refractivity (Wildman–Crippen MR) is 41.5 cm³/mol. The lowest BCUT2D eigenvalue weighted by atomic mass is 10.5. The second kappa shape index (κ2) is 2.78. The SMILES string of the molecule is Cc1ccc(C)n1CC(=O)O. The molecule has 1 rings (SSSR count). The minimum absolute atomic E-state index is 0.0602. The van der Waals surface area contributed by atoms with Gasteiger partial charge in [-0.05, 0) is 26.0 Å². The number of carboxylic acid groups (broad SMARTS) is 1. The number of aryl methyl sites for hydroxylation is 2. The number of nitrogens with zero attached hydrogens (tertiary/aromatic N) is 1. The quantitative estimate of drug-likeness (QED) is 0.693. The van der Waals surface area contributed by atoms with Gasteiger partial charge in [0.15, 0.2) is 0 Å². The van der Waals surface area contributed by atoms with Gasteiger partial charge in [-0.15, -0.1) is 0 Å². The summed E-state index contributed by atoms with van der Waals surface area (Å²) in [4.78, 5) is 10.4. The highest BCUT2D eigenvalue weighted by molar-refractivity contribution is 5.66. The third kappa shape index (κ3) is 1.61. The minimum Gasteiger partial charge on any atom is -0.480 e. The van der Waals surface area contributed by atoms with Crippen LogP contribution < -0.4 is 0 Å². The molecular weight excluding hydrogens is 142 g/mol. The van der Waals surface area contributed by atoms with E-state index in [0.717, 1.165) is 11.4 Å². The van der Waals surface area contributed by atoms with E-state index in [9.17, 15) is 4.79 Å². The van der Waals surface area contributed by atoms with Crippen molar-refractivity contribution in [2.45, 2.75) is 20.4 Å². The predicted octanol–water partition coefficient (Wildman–Crippen LogP) is 1.19. The molecule has 0 bridgehead atoms. The molecule has 0 saturated heterocycles. The maximum absolute atomic E-state index is 10.4. The summed E-state index contributed by atoms with van der Waals surface area (Å²) in [5.74, 6) is -0.799. The van der Waals surface area contributed by atoms with Gasteiger partial charge in [-0.2, -0.15) is 0 Å². The van der Waals surface area contributed by atoms with Crippen LogP contribution in [-0.2, 0) is 11.3 Å². The summed E-state index contributed by atoms with van der Waals surface area (Å²) in [6.07, 6.45) is 0. The van der Waals surface area contributed by atoms with Gasteiger partial charge in [0.1, 0.15) is 6.54 Å². The number of carboxylic acids is 1. The second-order valence-electron chi connectivity index (χ2n) is 2.60. The van der Waals surface area contributed by atoms with Gasteiger partial charge >= 0.3 is 5.97 Å². The molecule has 1 N–H and O–H groups in total. The van der Waals surface area contributed by atoms with Crippen LogP contribution in [0.4, 0.5) is 0 Å². The molecule has 1 heterocycles. The zero-order valence-corrected chi connectivity index (χ0v) is 6.66. The molecule has 0 atom stereocenters. The van der Waals surface area contributed by atoms with Gasteiger partial charge < -0.3 is 9.67 Å². The van der Waals surface area contributed by atoms with Crippen LogP contribution in [0.1, 0.15) is 11.4 Å². The minimum atomic E-state index is -0.799. The molecule has 3 heteroatoms. The van der Waals surface area contributed by atoms with Crippen molar-refractivity contribution in [1.29, 1.82) is 0 Å². The molecule has 3 nitrogen and oxygen atoms in total. The van der Waals surface area contributed by atoms with E-state index in [4.69, 9.17) is 5.11 Å². The molecule has 11 heavy (non-hydrogen) atoms. The Bertz CT molecular complexity index is 256. The Morgan fingerprint density at radius 1 is 1.45 bits per heavy atom. The second-order valence-corrected chi connectivity index (χ2v) is 2.60. The smallest absolute Gasteiger partial charge is 0.323 e. The molecular formula is C8H11NO2. The topological polar surface area (TPSA) is 42.2 Å². The fourth-order valence-electron chi connectivity index (χ4n) is 1.08. The Hall–Kier alpha value is -1.25. The monoisotopic (exact) mass is 153 g/mol.